The van der Waals surface area contributed by atoms with E-state index in [1.165, 1.54) is 16.1 Å². The highest BCUT2D eigenvalue weighted by molar-refractivity contribution is 9.10. The molecule has 1 unspecified atom stereocenters. The number of halogens is 1. The normalized spacial score (nSPS) is 12.4. The number of thiophene rings is 1. The van der Waals surface area contributed by atoms with Gasteiger partial charge in [-0.1, -0.05) is 28.9 Å². The second kappa shape index (κ2) is 7.97. The standard InChI is InChI=1S/C17H23BrN2S/c1-3-15(19)11-13-10-14(18)7-8-17(13)20(4-2)12-16-6-5-9-21-16/h5-10,15H,3-4,11-12,19H2,1-2H3. The van der Waals surface area contributed by atoms with Gasteiger partial charge in [-0.05, 0) is 55.0 Å². The summed E-state index contributed by atoms with van der Waals surface area (Å²) in [6.07, 6.45) is 1.93. The van der Waals surface area contributed by atoms with Gasteiger partial charge in [-0.2, -0.15) is 0 Å². The predicted molar refractivity (Wildman–Crippen MR) is 97.2 cm³/mol. The first-order valence-corrected chi connectivity index (χ1v) is 9.12. The van der Waals surface area contributed by atoms with E-state index in [0.717, 1.165) is 30.4 Å². The number of nitrogens with two attached hydrogens (primary N) is 1. The van der Waals surface area contributed by atoms with E-state index in [0.29, 0.717) is 0 Å². The van der Waals surface area contributed by atoms with Crippen LogP contribution in [0.15, 0.2) is 40.2 Å². The van der Waals surface area contributed by atoms with Crippen molar-refractivity contribution in [2.75, 3.05) is 11.4 Å². The molecule has 0 spiro atoms. The van der Waals surface area contributed by atoms with Crippen LogP contribution in [0.4, 0.5) is 5.69 Å². The smallest absolute Gasteiger partial charge is 0.0522 e. The van der Waals surface area contributed by atoms with Crippen molar-refractivity contribution in [2.24, 2.45) is 5.73 Å². The Balaban J connectivity index is 2.26. The van der Waals surface area contributed by atoms with Crippen molar-refractivity contribution in [2.45, 2.75) is 39.3 Å². The molecular weight excluding hydrogens is 344 g/mol. The summed E-state index contributed by atoms with van der Waals surface area (Å²) < 4.78 is 1.12. The van der Waals surface area contributed by atoms with Gasteiger partial charge in [-0.3, -0.25) is 0 Å². The second-order valence-electron chi connectivity index (χ2n) is 5.24. The molecular formula is C17H23BrN2S. The van der Waals surface area contributed by atoms with Crippen LogP contribution in [-0.2, 0) is 13.0 Å². The molecule has 2 nitrogen and oxygen atoms in total. The summed E-state index contributed by atoms with van der Waals surface area (Å²) in [4.78, 5) is 3.82. The Kier molecular flexibility index (Phi) is 6.27. The molecule has 2 N–H and O–H groups in total. The SMILES string of the molecule is CCC(N)Cc1cc(Br)ccc1N(CC)Cc1cccs1. The number of hydrogen-bond donors (Lipinski definition) is 1. The fourth-order valence-electron chi connectivity index (χ4n) is 2.41. The van der Waals surface area contributed by atoms with E-state index in [9.17, 15) is 0 Å². The van der Waals surface area contributed by atoms with E-state index in [2.05, 4.69) is 70.4 Å². The third-order valence-electron chi connectivity index (χ3n) is 3.70. The van der Waals surface area contributed by atoms with Gasteiger partial charge >= 0.3 is 0 Å². The summed E-state index contributed by atoms with van der Waals surface area (Å²) in [5, 5.41) is 2.14. The zero-order chi connectivity index (χ0) is 15.2. The average Bonchev–Trinajstić information content (AvgIpc) is 2.98. The fourth-order valence-corrected chi connectivity index (χ4v) is 3.54. The van der Waals surface area contributed by atoms with Crippen LogP contribution >= 0.6 is 27.3 Å². The molecule has 1 aromatic carbocycles. The lowest BCUT2D eigenvalue weighted by atomic mass is 10.0. The van der Waals surface area contributed by atoms with E-state index < -0.39 is 0 Å². The first-order valence-electron chi connectivity index (χ1n) is 7.45. The van der Waals surface area contributed by atoms with Crippen molar-refractivity contribution in [3.63, 3.8) is 0 Å². The summed E-state index contributed by atoms with van der Waals surface area (Å²) in [5.74, 6) is 0. The van der Waals surface area contributed by atoms with Gasteiger partial charge in [0.2, 0.25) is 0 Å². The molecule has 0 aliphatic heterocycles. The number of anilines is 1. The maximum absolute atomic E-state index is 6.17. The van der Waals surface area contributed by atoms with Crippen LogP contribution in [-0.4, -0.2) is 12.6 Å². The summed E-state index contributed by atoms with van der Waals surface area (Å²) in [6, 6.07) is 11.1. The molecule has 4 heteroatoms. The van der Waals surface area contributed by atoms with Crippen molar-refractivity contribution in [3.8, 4) is 0 Å². The molecule has 2 aromatic rings. The lowest BCUT2D eigenvalue weighted by Crippen LogP contribution is -2.26. The van der Waals surface area contributed by atoms with Gasteiger partial charge in [-0.25, -0.2) is 0 Å². The molecule has 0 radical (unpaired) electrons. The van der Waals surface area contributed by atoms with Crippen LogP contribution in [0.25, 0.3) is 0 Å². The van der Waals surface area contributed by atoms with Gasteiger partial charge in [-0.15, -0.1) is 11.3 Å². The molecule has 0 fully saturated rings. The minimum atomic E-state index is 0.221. The average molecular weight is 367 g/mol. The molecule has 1 atom stereocenters. The highest BCUT2D eigenvalue weighted by atomic mass is 79.9. The quantitative estimate of drug-likeness (QED) is 0.760. The maximum atomic E-state index is 6.17. The third kappa shape index (κ3) is 4.56. The van der Waals surface area contributed by atoms with Gasteiger partial charge < -0.3 is 10.6 Å². The largest absolute Gasteiger partial charge is 0.366 e. The summed E-state index contributed by atoms with van der Waals surface area (Å²) in [7, 11) is 0. The zero-order valence-corrected chi connectivity index (χ0v) is 15.1. The maximum Gasteiger partial charge on any atom is 0.0522 e. The second-order valence-corrected chi connectivity index (χ2v) is 7.19. The van der Waals surface area contributed by atoms with Crippen molar-refractivity contribution in [1.29, 1.82) is 0 Å². The van der Waals surface area contributed by atoms with Crippen LogP contribution in [0.1, 0.15) is 30.7 Å². The van der Waals surface area contributed by atoms with Crippen LogP contribution in [0, 0.1) is 0 Å². The summed E-state index contributed by atoms with van der Waals surface area (Å²) in [6.45, 7) is 6.31. The number of nitrogens with zero attached hydrogens (tertiary/aromatic N) is 1. The van der Waals surface area contributed by atoms with E-state index >= 15 is 0 Å². The van der Waals surface area contributed by atoms with Gasteiger partial charge in [0.25, 0.3) is 0 Å². The van der Waals surface area contributed by atoms with Crippen molar-refractivity contribution in [3.05, 3.63) is 50.6 Å². The molecule has 0 saturated carbocycles. The topological polar surface area (TPSA) is 29.3 Å². The molecule has 1 heterocycles. The number of rotatable bonds is 7. The Morgan fingerprint density at radius 2 is 2.10 bits per heavy atom. The molecule has 21 heavy (non-hydrogen) atoms. The van der Waals surface area contributed by atoms with Gasteiger partial charge in [0, 0.05) is 27.6 Å². The summed E-state index contributed by atoms with van der Waals surface area (Å²) in [5.41, 5.74) is 8.80. The van der Waals surface area contributed by atoms with E-state index in [1.54, 1.807) is 0 Å². The fraction of sp³-hybridized carbons (Fsp3) is 0.412. The molecule has 2 rings (SSSR count). The van der Waals surface area contributed by atoms with E-state index in [1.807, 2.05) is 11.3 Å². The Morgan fingerprint density at radius 3 is 2.71 bits per heavy atom. The lowest BCUT2D eigenvalue weighted by molar-refractivity contribution is 0.644. The van der Waals surface area contributed by atoms with Gasteiger partial charge in [0.1, 0.15) is 0 Å². The Labute approximate surface area is 140 Å². The van der Waals surface area contributed by atoms with E-state index in [-0.39, 0.29) is 6.04 Å². The van der Waals surface area contributed by atoms with Crippen molar-refractivity contribution < 1.29 is 0 Å². The van der Waals surface area contributed by atoms with Gasteiger partial charge in [0.05, 0.1) is 6.54 Å². The minimum absolute atomic E-state index is 0.221. The van der Waals surface area contributed by atoms with Crippen LogP contribution in [0.3, 0.4) is 0 Å². The third-order valence-corrected chi connectivity index (χ3v) is 5.05. The highest BCUT2D eigenvalue weighted by Crippen LogP contribution is 2.28. The molecule has 0 saturated heterocycles. The molecule has 114 valence electrons. The first-order chi connectivity index (χ1) is 10.1. The molecule has 1 aromatic heterocycles. The molecule has 0 aliphatic rings. The number of benzene rings is 1. The molecule has 0 bridgehead atoms. The Hall–Kier alpha value is -0.840. The van der Waals surface area contributed by atoms with Crippen molar-refractivity contribution in [1.82, 2.24) is 0 Å². The monoisotopic (exact) mass is 366 g/mol. The van der Waals surface area contributed by atoms with E-state index in [4.69, 9.17) is 5.73 Å². The predicted octanol–water partition coefficient (Wildman–Crippen LogP) is 4.82. The molecule has 0 amide bonds. The Bertz CT molecular complexity index is 554. The number of hydrogen-bond acceptors (Lipinski definition) is 3. The first kappa shape index (κ1) is 16.5. The van der Waals surface area contributed by atoms with Gasteiger partial charge in [0.15, 0.2) is 0 Å². The highest BCUT2D eigenvalue weighted by Gasteiger charge is 2.13. The van der Waals surface area contributed by atoms with Crippen LogP contribution < -0.4 is 10.6 Å². The Morgan fingerprint density at radius 1 is 1.29 bits per heavy atom. The van der Waals surface area contributed by atoms with Crippen LogP contribution in [0.2, 0.25) is 0 Å². The van der Waals surface area contributed by atoms with Crippen molar-refractivity contribution >= 4 is 33.0 Å². The summed E-state index contributed by atoms with van der Waals surface area (Å²) >= 11 is 5.40. The lowest BCUT2D eigenvalue weighted by Gasteiger charge is -2.26. The van der Waals surface area contributed by atoms with Crippen LogP contribution in [0.5, 0.6) is 0 Å². The minimum Gasteiger partial charge on any atom is -0.366 e. The zero-order valence-electron chi connectivity index (χ0n) is 12.7. The molecule has 0 aliphatic carbocycles.